The summed E-state index contributed by atoms with van der Waals surface area (Å²) >= 11 is 0. The maximum Gasteiger partial charge on any atom is 0.293 e. The Morgan fingerprint density at radius 1 is 1.29 bits per heavy atom. The van der Waals surface area contributed by atoms with Crippen molar-refractivity contribution in [3.63, 3.8) is 0 Å². The van der Waals surface area contributed by atoms with Crippen molar-refractivity contribution in [1.29, 1.82) is 5.26 Å². The number of carbonyl (C=O) groups is 2. The van der Waals surface area contributed by atoms with E-state index in [0.717, 1.165) is 19.5 Å². The van der Waals surface area contributed by atoms with Crippen molar-refractivity contribution in [3.8, 4) is 17.6 Å². The van der Waals surface area contributed by atoms with Crippen molar-refractivity contribution in [3.05, 3.63) is 35.0 Å². The highest BCUT2D eigenvalue weighted by Crippen LogP contribution is 2.36. The molecule has 1 fully saturated rings. The van der Waals surface area contributed by atoms with Gasteiger partial charge in [0.2, 0.25) is 0 Å². The lowest BCUT2D eigenvalue weighted by atomic mass is 9.90. The molecule has 1 saturated heterocycles. The number of benzene rings is 1. The molecule has 10 heteroatoms. The summed E-state index contributed by atoms with van der Waals surface area (Å²) < 4.78 is 17.1. The average molecular weight is 486 g/mol. The van der Waals surface area contributed by atoms with Crippen LogP contribution in [-0.4, -0.2) is 62.0 Å². The number of ether oxygens (including phenoxy) is 3. The van der Waals surface area contributed by atoms with Crippen LogP contribution in [0.2, 0.25) is 0 Å². The number of methoxy groups -OCH3 is 2. The van der Waals surface area contributed by atoms with Crippen LogP contribution in [0, 0.1) is 11.3 Å². The number of ketones is 1. The normalized spacial score (nSPS) is 15.8. The van der Waals surface area contributed by atoms with Crippen molar-refractivity contribution < 1.29 is 23.8 Å². The number of anilines is 1. The zero-order chi connectivity index (χ0) is 26.2. The molecule has 1 aromatic heterocycles. The van der Waals surface area contributed by atoms with E-state index >= 15 is 0 Å². The number of nitriles is 1. The summed E-state index contributed by atoms with van der Waals surface area (Å²) in [4.78, 5) is 22.3. The van der Waals surface area contributed by atoms with Crippen LogP contribution < -0.4 is 20.1 Å². The van der Waals surface area contributed by atoms with E-state index < -0.39 is 5.92 Å². The highest BCUT2D eigenvalue weighted by Gasteiger charge is 2.32. The van der Waals surface area contributed by atoms with Gasteiger partial charge < -0.3 is 24.8 Å². The van der Waals surface area contributed by atoms with Crippen molar-refractivity contribution in [2.75, 3.05) is 39.7 Å². The molecule has 190 valence electrons. The number of hydrogen-bond acceptors (Lipinski definition) is 9. The number of rotatable bonds is 8. The van der Waals surface area contributed by atoms with Crippen LogP contribution in [-0.2, 0) is 14.3 Å². The molecule has 1 aromatic carbocycles. The molecule has 10 nitrogen and oxygen atoms in total. The number of carbonyl (C=O) groups excluding carboxylic acids is 2. The Bertz CT molecular complexity index is 1040. The van der Waals surface area contributed by atoms with E-state index in [-0.39, 0.29) is 17.4 Å². The van der Waals surface area contributed by atoms with Crippen LogP contribution in [0.3, 0.4) is 0 Å². The predicted molar refractivity (Wildman–Crippen MR) is 132 cm³/mol. The predicted octanol–water partition coefficient (Wildman–Crippen LogP) is 3.03. The highest BCUT2D eigenvalue weighted by atomic mass is 16.5. The lowest BCUT2D eigenvalue weighted by molar-refractivity contribution is -0.138. The fraction of sp³-hybridized carbons (Fsp3) is 0.520. The van der Waals surface area contributed by atoms with Gasteiger partial charge in [0.15, 0.2) is 0 Å². The molecule has 0 spiro atoms. The smallest absolute Gasteiger partial charge is 0.293 e. The summed E-state index contributed by atoms with van der Waals surface area (Å²) in [7, 11) is 4.88. The summed E-state index contributed by atoms with van der Waals surface area (Å²) in [5.74, 6) is 0.983. The molecule has 35 heavy (non-hydrogen) atoms. The first-order chi connectivity index (χ1) is 16.6. The Morgan fingerprint density at radius 3 is 2.29 bits per heavy atom. The second kappa shape index (κ2) is 12.2. The molecule has 1 aliphatic heterocycles. The summed E-state index contributed by atoms with van der Waals surface area (Å²) in [5.41, 5.74) is 1.19. The van der Waals surface area contributed by atoms with Crippen molar-refractivity contribution >= 4 is 18.1 Å². The lowest BCUT2D eigenvalue weighted by Crippen LogP contribution is -2.17. The standard InChI is InChI=1S/C20H25N5O3.C5H10O2/c1-12(26)18(13-7-15(27-3)9-16(8-13)28-4)19-17(10-21)20(22-2)25(24-19)14-5-6-23-11-14;1-5(2,3)7-4-6/h7-9,14,18,22-23H,5-6,11H2,1-4H3;4H,1-3H3. The molecule has 2 N–H and O–H groups in total. The molecule has 2 unspecified atom stereocenters. The van der Waals surface area contributed by atoms with Gasteiger partial charge in [0, 0.05) is 19.7 Å². The average Bonchev–Trinajstić information content (AvgIpc) is 3.46. The first-order valence-corrected chi connectivity index (χ1v) is 11.4. The van der Waals surface area contributed by atoms with Gasteiger partial charge in [0.05, 0.1) is 31.9 Å². The van der Waals surface area contributed by atoms with Crippen molar-refractivity contribution in [1.82, 2.24) is 15.1 Å². The molecule has 0 aliphatic carbocycles. The molecule has 0 radical (unpaired) electrons. The van der Waals surface area contributed by atoms with Gasteiger partial charge >= 0.3 is 0 Å². The molecular weight excluding hydrogens is 450 g/mol. The summed E-state index contributed by atoms with van der Waals surface area (Å²) in [5, 5.41) is 21.0. The third-order valence-electron chi connectivity index (χ3n) is 5.46. The maximum absolute atomic E-state index is 12.7. The number of aromatic nitrogens is 2. The quantitative estimate of drug-likeness (QED) is 0.542. The van der Waals surface area contributed by atoms with Crippen LogP contribution in [0.15, 0.2) is 18.2 Å². The van der Waals surface area contributed by atoms with E-state index in [0.29, 0.717) is 40.6 Å². The Morgan fingerprint density at radius 2 is 1.91 bits per heavy atom. The fourth-order valence-electron chi connectivity index (χ4n) is 3.84. The fourth-order valence-corrected chi connectivity index (χ4v) is 3.84. The third kappa shape index (κ3) is 6.96. The minimum absolute atomic E-state index is 0.108. The van der Waals surface area contributed by atoms with Crippen molar-refractivity contribution in [2.24, 2.45) is 0 Å². The molecule has 1 aliphatic rings. The van der Waals surface area contributed by atoms with Crippen LogP contribution >= 0.6 is 0 Å². The van der Waals surface area contributed by atoms with E-state index in [1.807, 2.05) is 25.5 Å². The van der Waals surface area contributed by atoms with E-state index in [2.05, 4.69) is 21.4 Å². The molecule has 0 bridgehead atoms. The van der Waals surface area contributed by atoms with Gasteiger partial charge in [-0.2, -0.15) is 10.4 Å². The number of Topliss-reactive ketones (excluding diaryl/α,β-unsaturated/α-hetero) is 1. The first kappa shape index (κ1) is 27.7. The lowest BCUT2D eigenvalue weighted by Gasteiger charge is -2.15. The highest BCUT2D eigenvalue weighted by molar-refractivity contribution is 5.88. The van der Waals surface area contributed by atoms with Crippen LogP contribution in [0.1, 0.15) is 62.9 Å². The van der Waals surface area contributed by atoms with Gasteiger partial charge in [-0.3, -0.25) is 9.59 Å². The minimum atomic E-state index is -0.693. The van der Waals surface area contributed by atoms with Gasteiger partial charge in [0.1, 0.15) is 40.3 Å². The van der Waals surface area contributed by atoms with Crippen molar-refractivity contribution in [2.45, 2.75) is 51.7 Å². The minimum Gasteiger partial charge on any atom is -0.497 e. The Labute approximate surface area is 206 Å². The molecule has 2 aromatic rings. The largest absolute Gasteiger partial charge is 0.497 e. The second-order valence-electron chi connectivity index (χ2n) is 9.08. The Balaban J connectivity index is 0.000000540. The monoisotopic (exact) mass is 485 g/mol. The van der Waals surface area contributed by atoms with Crippen LogP contribution in [0.4, 0.5) is 5.82 Å². The SMILES string of the molecule is CC(C)(C)OC=O.CNc1c(C#N)c(C(C(C)=O)c2cc(OC)cc(OC)c2)nn1C1CCNC1. The topological polar surface area (TPSA) is 128 Å². The number of nitrogens with zero attached hydrogens (tertiary/aromatic N) is 3. The molecule has 2 atom stereocenters. The van der Waals surface area contributed by atoms with Crippen LogP contribution in [0.25, 0.3) is 0 Å². The Hall–Kier alpha value is -3.58. The molecule has 0 saturated carbocycles. The summed E-state index contributed by atoms with van der Waals surface area (Å²) in [6.07, 6.45) is 0.915. The van der Waals surface area contributed by atoms with Gasteiger partial charge in [-0.15, -0.1) is 0 Å². The Kier molecular flexibility index (Phi) is 9.66. The number of nitrogens with one attached hydrogen (secondary N) is 2. The molecule has 3 rings (SSSR count). The third-order valence-corrected chi connectivity index (χ3v) is 5.46. The zero-order valence-electron chi connectivity index (χ0n) is 21.5. The summed E-state index contributed by atoms with van der Waals surface area (Å²) in [6.45, 7) is 9.10. The van der Waals surface area contributed by atoms with Gasteiger partial charge in [0.25, 0.3) is 6.47 Å². The maximum atomic E-state index is 12.7. The second-order valence-corrected chi connectivity index (χ2v) is 9.08. The number of hydrogen-bond donors (Lipinski definition) is 2. The van der Waals surface area contributed by atoms with Gasteiger partial charge in [-0.1, -0.05) is 0 Å². The molecule has 2 heterocycles. The van der Waals surface area contributed by atoms with Gasteiger partial charge in [-0.25, -0.2) is 4.68 Å². The van der Waals surface area contributed by atoms with E-state index in [1.54, 1.807) is 39.5 Å². The van der Waals surface area contributed by atoms with E-state index in [1.165, 1.54) is 6.92 Å². The molecular formula is C25H35N5O5. The molecule has 0 amide bonds. The summed E-state index contributed by atoms with van der Waals surface area (Å²) in [6, 6.07) is 7.68. The first-order valence-electron chi connectivity index (χ1n) is 11.4. The van der Waals surface area contributed by atoms with E-state index in [4.69, 9.17) is 14.6 Å². The van der Waals surface area contributed by atoms with Crippen LogP contribution in [0.5, 0.6) is 11.5 Å². The zero-order valence-corrected chi connectivity index (χ0v) is 21.5. The van der Waals surface area contributed by atoms with Gasteiger partial charge in [-0.05, 0) is 58.4 Å². The van der Waals surface area contributed by atoms with E-state index in [9.17, 15) is 14.9 Å².